The van der Waals surface area contributed by atoms with E-state index in [-0.39, 0.29) is 23.3 Å². The maximum Gasteiger partial charge on any atom is 0.344 e. The molecule has 2 aromatic rings. The molecule has 0 fully saturated rings. The zero-order chi connectivity index (χ0) is 15.4. The minimum Gasteiger partial charge on any atom is -0.294 e. The Kier molecular flexibility index (Phi) is 4.95. The molecule has 1 N–H and O–H groups in total. The van der Waals surface area contributed by atoms with E-state index in [1.165, 1.54) is 36.0 Å². The van der Waals surface area contributed by atoms with E-state index in [0.29, 0.717) is 22.9 Å². The van der Waals surface area contributed by atoms with Crippen LogP contribution < -0.4 is 5.69 Å². The van der Waals surface area contributed by atoms with Crippen molar-refractivity contribution in [1.29, 1.82) is 0 Å². The summed E-state index contributed by atoms with van der Waals surface area (Å²) in [6, 6.07) is 5.49. The van der Waals surface area contributed by atoms with Gasteiger partial charge in [-0.05, 0) is 38.1 Å². The lowest BCUT2D eigenvalue weighted by molar-refractivity contribution is 0.0989. The Morgan fingerprint density at radius 3 is 2.67 bits per heavy atom. The molecule has 21 heavy (non-hydrogen) atoms. The Bertz CT molecular complexity index is 676. The zero-order valence-electron chi connectivity index (χ0n) is 11.8. The molecule has 5 nitrogen and oxygen atoms in total. The van der Waals surface area contributed by atoms with Crippen LogP contribution in [0.2, 0.25) is 0 Å². The first-order valence-corrected chi connectivity index (χ1v) is 7.56. The Morgan fingerprint density at radius 1 is 1.38 bits per heavy atom. The fraction of sp³-hybridized carbons (Fsp3) is 0.357. The highest BCUT2D eigenvalue weighted by Gasteiger charge is 2.13. The second-order valence-corrected chi connectivity index (χ2v) is 5.87. The third-order valence-corrected chi connectivity index (χ3v) is 3.87. The molecule has 1 aromatic heterocycles. The van der Waals surface area contributed by atoms with Crippen LogP contribution in [0, 0.1) is 5.82 Å². The zero-order valence-corrected chi connectivity index (χ0v) is 12.6. The fourth-order valence-corrected chi connectivity index (χ4v) is 2.88. The summed E-state index contributed by atoms with van der Waals surface area (Å²) in [4.78, 5) is 23.5. The van der Waals surface area contributed by atoms with Crippen molar-refractivity contribution in [2.45, 2.75) is 31.5 Å². The number of hydrogen-bond acceptors (Lipinski definition) is 4. The smallest absolute Gasteiger partial charge is 0.294 e. The Balaban J connectivity index is 1.94. The quantitative estimate of drug-likeness (QED) is 0.658. The third kappa shape index (κ3) is 3.81. The molecule has 7 heteroatoms. The molecular formula is C14H16FN3O2S. The van der Waals surface area contributed by atoms with Gasteiger partial charge in [-0.2, -0.15) is 0 Å². The van der Waals surface area contributed by atoms with Gasteiger partial charge in [-0.3, -0.25) is 9.36 Å². The van der Waals surface area contributed by atoms with Gasteiger partial charge in [-0.15, -0.1) is 5.10 Å². The predicted molar refractivity (Wildman–Crippen MR) is 79.3 cm³/mol. The van der Waals surface area contributed by atoms with Gasteiger partial charge in [0.25, 0.3) is 0 Å². The predicted octanol–water partition coefficient (Wildman–Crippen LogP) is 2.66. The summed E-state index contributed by atoms with van der Waals surface area (Å²) >= 11 is 1.35. The van der Waals surface area contributed by atoms with Crippen molar-refractivity contribution in [3.63, 3.8) is 0 Å². The fourth-order valence-electron chi connectivity index (χ4n) is 1.86. The van der Waals surface area contributed by atoms with Crippen LogP contribution in [-0.2, 0) is 0 Å². The first-order chi connectivity index (χ1) is 9.99. The van der Waals surface area contributed by atoms with Crippen molar-refractivity contribution in [1.82, 2.24) is 14.8 Å². The van der Waals surface area contributed by atoms with Gasteiger partial charge in [0.1, 0.15) is 5.82 Å². The van der Waals surface area contributed by atoms with Gasteiger partial charge in [0.2, 0.25) is 0 Å². The summed E-state index contributed by atoms with van der Waals surface area (Å²) in [6.45, 7) is 3.79. The summed E-state index contributed by atoms with van der Waals surface area (Å²) in [5, 5.41) is 6.92. The van der Waals surface area contributed by atoms with Crippen molar-refractivity contribution >= 4 is 17.5 Å². The molecule has 0 saturated heterocycles. The van der Waals surface area contributed by atoms with Crippen molar-refractivity contribution in [3.8, 4) is 0 Å². The lowest BCUT2D eigenvalue weighted by Crippen LogP contribution is -2.19. The van der Waals surface area contributed by atoms with Gasteiger partial charge in [-0.25, -0.2) is 14.3 Å². The van der Waals surface area contributed by atoms with Gasteiger partial charge < -0.3 is 0 Å². The summed E-state index contributed by atoms with van der Waals surface area (Å²) in [7, 11) is 0. The van der Waals surface area contributed by atoms with E-state index in [4.69, 9.17) is 0 Å². The Labute approximate surface area is 125 Å². The van der Waals surface area contributed by atoms with Crippen LogP contribution >= 0.6 is 11.8 Å². The number of hydrogen-bond donors (Lipinski definition) is 1. The van der Waals surface area contributed by atoms with Gasteiger partial charge in [-0.1, -0.05) is 11.8 Å². The molecule has 0 aliphatic carbocycles. The molecule has 0 aliphatic heterocycles. The van der Waals surface area contributed by atoms with Crippen molar-refractivity contribution in [3.05, 3.63) is 46.1 Å². The number of ketones is 1. The first-order valence-electron chi connectivity index (χ1n) is 6.57. The number of rotatable bonds is 6. The Hall–Kier alpha value is -1.89. The number of nitrogens with one attached hydrogen (secondary N) is 1. The molecule has 0 bridgehead atoms. The van der Waals surface area contributed by atoms with E-state index >= 15 is 0 Å². The van der Waals surface area contributed by atoms with Crippen LogP contribution in [0.1, 0.15) is 36.7 Å². The van der Waals surface area contributed by atoms with Gasteiger partial charge >= 0.3 is 5.69 Å². The minimum atomic E-state index is -0.363. The number of nitrogens with zero attached hydrogens (tertiary/aromatic N) is 2. The number of halogens is 1. The topological polar surface area (TPSA) is 67.8 Å². The summed E-state index contributed by atoms with van der Waals surface area (Å²) < 4.78 is 14.3. The van der Waals surface area contributed by atoms with E-state index < -0.39 is 0 Å². The molecule has 2 rings (SSSR count). The van der Waals surface area contributed by atoms with Crippen LogP contribution in [0.25, 0.3) is 0 Å². The number of Topliss-reactive ketones (excluding diaryl/α,β-unsaturated/α-hetero) is 1. The maximum absolute atomic E-state index is 12.8. The standard InChI is InChI=1S/C14H16FN3O2S/c1-9(2)18-13(20)16-17-14(18)21-8-7-12(19)10-3-5-11(15)6-4-10/h3-6,9H,7-8H2,1-2H3,(H,16,20). The number of H-pyrrole nitrogens is 1. The van der Waals surface area contributed by atoms with Gasteiger partial charge in [0, 0.05) is 23.8 Å². The molecule has 0 radical (unpaired) electrons. The normalized spacial score (nSPS) is 11.0. The van der Waals surface area contributed by atoms with Crippen molar-refractivity contribution < 1.29 is 9.18 Å². The Morgan fingerprint density at radius 2 is 2.05 bits per heavy atom. The first kappa shape index (κ1) is 15.5. The molecule has 0 saturated carbocycles. The molecule has 0 aliphatic rings. The van der Waals surface area contributed by atoms with Crippen LogP contribution in [0.5, 0.6) is 0 Å². The van der Waals surface area contributed by atoms with E-state index in [0.717, 1.165) is 0 Å². The molecule has 0 spiro atoms. The van der Waals surface area contributed by atoms with Crippen LogP contribution in [0.4, 0.5) is 4.39 Å². The maximum atomic E-state index is 12.8. The number of thioether (sulfide) groups is 1. The summed E-state index contributed by atoms with van der Waals surface area (Å²) in [5.74, 6) is 0.0858. The highest BCUT2D eigenvalue weighted by molar-refractivity contribution is 7.99. The van der Waals surface area contributed by atoms with Crippen LogP contribution in [-0.4, -0.2) is 26.3 Å². The molecular weight excluding hydrogens is 293 g/mol. The molecule has 0 amide bonds. The number of benzene rings is 1. The van der Waals surface area contributed by atoms with Crippen molar-refractivity contribution in [2.24, 2.45) is 0 Å². The largest absolute Gasteiger partial charge is 0.344 e. The molecule has 0 unspecified atom stereocenters. The van der Waals surface area contributed by atoms with Crippen LogP contribution in [0.15, 0.2) is 34.2 Å². The second-order valence-electron chi connectivity index (χ2n) is 4.80. The SMILES string of the molecule is CC(C)n1c(SCCC(=O)c2ccc(F)cc2)n[nH]c1=O. The lowest BCUT2D eigenvalue weighted by atomic mass is 10.1. The van der Waals surface area contributed by atoms with E-state index in [9.17, 15) is 14.0 Å². The molecule has 1 aromatic carbocycles. The highest BCUT2D eigenvalue weighted by atomic mass is 32.2. The van der Waals surface area contributed by atoms with Gasteiger partial charge in [0.05, 0.1) is 0 Å². The minimum absolute atomic E-state index is 0.00606. The lowest BCUT2D eigenvalue weighted by Gasteiger charge is -2.08. The van der Waals surface area contributed by atoms with Gasteiger partial charge in [0.15, 0.2) is 10.9 Å². The second kappa shape index (κ2) is 6.71. The average molecular weight is 309 g/mol. The van der Waals surface area contributed by atoms with Crippen molar-refractivity contribution in [2.75, 3.05) is 5.75 Å². The highest BCUT2D eigenvalue weighted by Crippen LogP contribution is 2.18. The van der Waals surface area contributed by atoms with E-state index in [2.05, 4.69) is 10.2 Å². The molecule has 1 heterocycles. The number of carbonyl (C=O) groups excluding carboxylic acids is 1. The average Bonchev–Trinajstić information content (AvgIpc) is 2.80. The molecule has 0 atom stereocenters. The number of aromatic amines is 1. The van der Waals surface area contributed by atoms with Crippen LogP contribution in [0.3, 0.4) is 0 Å². The summed E-state index contributed by atoms with van der Waals surface area (Å²) in [5.41, 5.74) is 0.234. The molecule has 112 valence electrons. The summed E-state index contributed by atoms with van der Waals surface area (Å²) in [6.07, 6.45) is 0.301. The third-order valence-electron chi connectivity index (χ3n) is 2.91. The van der Waals surface area contributed by atoms with E-state index in [1.54, 1.807) is 4.57 Å². The van der Waals surface area contributed by atoms with E-state index in [1.807, 2.05) is 13.8 Å². The number of carbonyl (C=O) groups is 1. The number of aromatic nitrogens is 3. The monoisotopic (exact) mass is 309 g/mol.